The maximum absolute atomic E-state index is 12.3. The zero-order chi connectivity index (χ0) is 16.8. The summed E-state index contributed by atoms with van der Waals surface area (Å²) in [5, 5.41) is 2.68. The third kappa shape index (κ3) is 4.98. The van der Waals surface area contributed by atoms with E-state index in [1.807, 2.05) is 49.4 Å². The van der Waals surface area contributed by atoms with Gasteiger partial charge in [-0.3, -0.25) is 4.79 Å². The molecule has 0 aliphatic rings. The third-order valence-corrected chi connectivity index (χ3v) is 3.66. The second-order valence-corrected chi connectivity index (χ2v) is 6.16. The Hall–Kier alpha value is -2.04. The highest BCUT2D eigenvalue weighted by Gasteiger charge is 2.20. The summed E-state index contributed by atoms with van der Waals surface area (Å²) in [6, 6.07) is 16.3. The minimum atomic E-state index is -0.924. The Kier molecular flexibility index (Phi) is 6.02. The van der Waals surface area contributed by atoms with E-state index in [0.29, 0.717) is 5.56 Å². The summed E-state index contributed by atoms with van der Waals surface area (Å²) in [4.78, 5) is 15.6. The number of aryl methyl sites for hydroxylation is 1. The molecule has 0 unspecified atom stereocenters. The highest BCUT2D eigenvalue weighted by Crippen LogP contribution is 2.12. The van der Waals surface area contributed by atoms with Crippen LogP contribution in [0.25, 0.3) is 0 Å². The van der Waals surface area contributed by atoms with Gasteiger partial charge in [0.25, 0.3) is 5.91 Å². The Morgan fingerprint density at radius 2 is 1.65 bits per heavy atom. The molecule has 120 valence electrons. The maximum Gasteiger partial charge on any atom is 0.252 e. The molecule has 2 aromatic rings. The monoisotopic (exact) mass is 349 g/mol. The van der Waals surface area contributed by atoms with Crippen molar-refractivity contribution in [2.45, 2.75) is 17.9 Å². The summed E-state index contributed by atoms with van der Waals surface area (Å²) >= 11 is 11.8. The van der Waals surface area contributed by atoms with Gasteiger partial charge < -0.3 is 11.1 Å². The fourth-order valence-electron chi connectivity index (χ4n) is 1.91. The highest BCUT2D eigenvalue weighted by molar-refractivity contribution is 6.44. The van der Waals surface area contributed by atoms with Crippen LogP contribution in [0.4, 0.5) is 0 Å². The Labute approximate surface area is 145 Å². The molecule has 0 spiro atoms. The van der Waals surface area contributed by atoms with Crippen LogP contribution < -0.4 is 11.1 Å². The van der Waals surface area contributed by atoms with E-state index in [1.165, 1.54) is 0 Å². The molecule has 2 rings (SSSR count). The van der Waals surface area contributed by atoms with E-state index >= 15 is 0 Å². The van der Waals surface area contributed by atoms with Crippen LogP contribution in [0.1, 0.15) is 21.5 Å². The number of halogens is 2. The van der Waals surface area contributed by atoms with Crippen LogP contribution in [0.15, 0.2) is 59.6 Å². The largest absolute Gasteiger partial charge is 0.383 e. The predicted molar refractivity (Wildman–Crippen MR) is 95.1 cm³/mol. The molecule has 0 radical (unpaired) electrons. The number of aliphatic imine (C=N–C) groups is 1. The van der Waals surface area contributed by atoms with Gasteiger partial charge in [0.05, 0.1) is 0 Å². The molecule has 3 N–H and O–H groups in total. The molecule has 0 aliphatic carbocycles. The number of nitrogens with one attached hydrogen (secondary N) is 1. The summed E-state index contributed by atoms with van der Waals surface area (Å²) in [5.74, 6) is -0.0583. The van der Waals surface area contributed by atoms with E-state index in [-0.39, 0.29) is 11.7 Å². The molecule has 0 bridgehead atoms. The average Bonchev–Trinajstić information content (AvgIpc) is 2.55. The summed E-state index contributed by atoms with van der Waals surface area (Å²) < 4.78 is 0. The van der Waals surface area contributed by atoms with Gasteiger partial charge in [-0.2, -0.15) is 0 Å². The van der Waals surface area contributed by atoms with E-state index in [1.54, 1.807) is 12.1 Å². The number of hydrogen-bond donors (Lipinski definition) is 2. The van der Waals surface area contributed by atoms with Crippen molar-refractivity contribution in [2.24, 2.45) is 10.7 Å². The first kappa shape index (κ1) is 17.3. The molecular weight excluding hydrogens is 333 g/mol. The first-order valence-electron chi connectivity index (χ1n) is 7.02. The zero-order valence-corrected chi connectivity index (χ0v) is 14.1. The van der Waals surface area contributed by atoms with Crippen molar-refractivity contribution in [1.82, 2.24) is 5.32 Å². The molecule has 0 heterocycles. The molecule has 0 fully saturated rings. The molecule has 4 nitrogen and oxygen atoms in total. The number of carbonyl (C=O) groups is 1. The lowest BCUT2D eigenvalue weighted by Gasteiger charge is -2.17. The zero-order valence-electron chi connectivity index (χ0n) is 12.5. The van der Waals surface area contributed by atoms with Crippen molar-refractivity contribution in [3.05, 3.63) is 71.3 Å². The van der Waals surface area contributed by atoms with Crippen LogP contribution in [-0.4, -0.2) is 22.7 Å². The topological polar surface area (TPSA) is 67.5 Å². The molecule has 23 heavy (non-hydrogen) atoms. The summed E-state index contributed by atoms with van der Waals surface area (Å²) in [5.41, 5.74) is 8.25. The number of amidine groups is 1. The maximum atomic E-state index is 12.3. The van der Waals surface area contributed by atoms with Crippen LogP contribution in [0.3, 0.4) is 0 Å². The Morgan fingerprint density at radius 3 is 2.22 bits per heavy atom. The Bertz CT molecular complexity index is 685. The second kappa shape index (κ2) is 7.99. The van der Waals surface area contributed by atoms with E-state index in [0.717, 1.165) is 11.1 Å². The number of hydrogen-bond acceptors (Lipinski definition) is 2. The smallest absolute Gasteiger partial charge is 0.252 e. The van der Waals surface area contributed by atoms with Gasteiger partial charge in [0.2, 0.25) is 0 Å². The second-order valence-electron chi connectivity index (χ2n) is 5.00. The molecule has 0 saturated carbocycles. The SMILES string of the molecule is Cc1ccc(C(=O)N[C@H](N=C(N)c2ccccc2)C(Cl)Cl)cc1. The molecule has 0 aromatic heterocycles. The lowest BCUT2D eigenvalue weighted by atomic mass is 10.1. The average molecular weight is 350 g/mol. The van der Waals surface area contributed by atoms with Gasteiger partial charge in [0.1, 0.15) is 10.7 Å². The fourth-order valence-corrected chi connectivity index (χ4v) is 2.15. The summed E-state index contributed by atoms with van der Waals surface area (Å²) in [6.07, 6.45) is -0.840. The number of nitrogens with two attached hydrogens (primary N) is 1. The standard InChI is InChI=1S/C17H17Cl2N3O/c1-11-7-9-13(10-8-11)17(23)22-16(14(18)19)21-15(20)12-5-3-2-4-6-12/h2-10,14,16H,1H3,(H2,20,21)(H,22,23)/t16-/m0/s1. The molecule has 6 heteroatoms. The summed E-state index contributed by atoms with van der Waals surface area (Å²) in [7, 11) is 0. The molecule has 2 aromatic carbocycles. The van der Waals surface area contributed by atoms with Crippen molar-refractivity contribution in [1.29, 1.82) is 0 Å². The minimum Gasteiger partial charge on any atom is -0.383 e. The number of carbonyl (C=O) groups excluding carboxylic acids is 1. The van der Waals surface area contributed by atoms with Crippen LogP contribution in [0.5, 0.6) is 0 Å². The van der Waals surface area contributed by atoms with Crippen molar-refractivity contribution in [2.75, 3.05) is 0 Å². The Morgan fingerprint density at radius 1 is 1.04 bits per heavy atom. The molecular formula is C17H17Cl2N3O. The quantitative estimate of drug-likeness (QED) is 0.494. The van der Waals surface area contributed by atoms with E-state index in [9.17, 15) is 4.79 Å². The molecule has 1 atom stereocenters. The Balaban J connectivity index is 2.16. The van der Waals surface area contributed by atoms with Crippen molar-refractivity contribution in [3.63, 3.8) is 0 Å². The van der Waals surface area contributed by atoms with Gasteiger partial charge in [-0.15, -0.1) is 23.2 Å². The molecule has 0 aliphatic heterocycles. The van der Waals surface area contributed by atoms with Gasteiger partial charge in [0, 0.05) is 11.1 Å². The lowest BCUT2D eigenvalue weighted by Crippen LogP contribution is -2.39. The number of nitrogens with zero attached hydrogens (tertiary/aromatic N) is 1. The van der Waals surface area contributed by atoms with Crippen LogP contribution >= 0.6 is 23.2 Å². The minimum absolute atomic E-state index is 0.256. The van der Waals surface area contributed by atoms with Crippen molar-refractivity contribution in [3.8, 4) is 0 Å². The first-order chi connectivity index (χ1) is 11.0. The van der Waals surface area contributed by atoms with Crippen LogP contribution in [0, 0.1) is 6.92 Å². The molecule has 1 amide bonds. The van der Waals surface area contributed by atoms with E-state index in [4.69, 9.17) is 28.9 Å². The van der Waals surface area contributed by atoms with Gasteiger partial charge in [-0.05, 0) is 19.1 Å². The first-order valence-corrected chi connectivity index (χ1v) is 7.89. The lowest BCUT2D eigenvalue weighted by molar-refractivity contribution is 0.0940. The van der Waals surface area contributed by atoms with E-state index in [2.05, 4.69) is 10.3 Å². The van der Waals surface area contributed by atoms with Gasteiger partial charge in [-0.25, -0.2) is 4.99 Å². The number of amides is 1. The number of benzene rings is 2. The van der Waals surface area contributed by atoms with Crippen LogP contribution in [0.2, 0.25) is 0 Å². The van der Waals surface area contributed by atoms with Crippen molar-refractivity contribution >= 4 is 34.9 Å². The number of rotatable bonds is 5. The highest BCUT2D eigenvalue weighted by atomic mass is 35.5. The predicted octanol–water partition coefficient (Wildman–Crippen LogP) is 3.26. The van der Waals surface area contributed by atoms with E-state index < -0.39 is 11.0 Å². The van der Waals surface area contributed by atoms with Crippen molar-refractivity contribution < 1.29 is 4.79 Å². The molecule has 0 saturated heterocycles. The van der Waals surface area contributed by atoms with Crippen LogP contribution in [-0.2, 0) is 0 Å². The summed E-state index contributed by atoms with van der Waals surface area (Å²) in [6.45, 7) is 1.95. The normalized spacial score (nSPS) is 13.0. The third-order valence-electron chi connectivity index (χ3n) is 3.18. The fraction of sp³-hybridized carbons (Fsp3) is 0.176. The van der Waals surface area contributed by atoms with Gasteiger partial charge >= 0.3 is 0 Å². The van der Waals surface area contributed by atoms with Gasteiger partial charge in [0.15, 0.2) is 6.17 Å². The van der Waals surface area contributed by atoms with Gasteiger partial charge in [-0.1, -0.05) is 48.0 Å². The number of alkyl halides is 2.